The lowest BCUT2D eigenvalue weighted by molar-refractivity contribution is 0.228. The fraction of sp³-hybridized carbons (Fsp3) is 0.636. The maximum Gasteiger partial charge on any atom is 0.0413 e. The number of thiophene rings is 1. The minimum Gasteiger partial charge on any atom is -0.315 e. The van der Waals surface area contributed by atoms with Crippen molar-refractivity contribution in [1.29, 1.82) is 0 Å². The minimum atomic E-state index is 0.592. The van der Waals surface area contributed by atoms with E-state index in [0.29, 0.717) is 6.04 Å². The Morgan fingerprint density at radius 1 is 1.43 bits per heavy atom. The average Bonchev–Trinajstić information content (AvgIpc) is 2.59. The first-order valence-corrected chi connectivity index (χ1v) is 6.24. The summed E-state index contributed by atoms with van der Waals surface area (Å²) in [5.41, 5.74) is 0. The largest absolute Gasteiger partial charge is 0.315 e. The van der Waals surface area contributed by atoms with Gasteiger partial charge in [0, 0.05) is 30.6 Å². The summed E-state index contributed by atoms with van der Waals surface area (Å²) < 4.78 is 0. The van der Waals surface area contributed by atoms with Crippen LogP contribution in [0.15, 0.2) is 17.5 Å². The molecular formula is C11H18N2S. The third-order valence-corrected chi connectivity index (χ3v) is 3.92. The smallest absolute Gasteiger partial charge is 0.0413 e. The second kappa shape index (κ2) is 4.91. The molecule has 0 spiro atoms. The maximum absolute atomic E-state index is 3.44. The molecular weight excluding hydrogens is 192 g/mol. The summed E-state index contributed by atoms with van der Waals surface area (Å²) in [6, 6.07) is 4.98. The molecule has 2 heterocycles. The lowest BCUT2D eigenvalue weighted by atomic mass is 10.2. The van der Waals surface area contributed by atoms with Crippen LogP contribution in [0.3, 0.4) is 0 Å². The predicted octanol–water partition coefficient (Wildman–Crippen LogP) is 2.10. The molecule has 1 saturated heterocycles. The number of nitrogens with zero attached hydrogens (tertiary/aromatic N) is 1. The fourth-order valence-electron chi connectivity index (χ4n) is 1.96. The van der Waals surface area contributed by atoms with E-state index in [2.05, 4.69) is 34.7 Å². The lowest BCUT2D eigenvalue weighted by Crippen LogP contribution is -2.30. The number of rotatable bonds is 2. The SMILES string of the molecule is C[C@@H](c1cccs1)N1CCCNCC1. The van der Waals surface area contributed by atoms with E-state index in [1.54, 1.807) is 0 Å². The Hall–Kier alpha value is -0.380. The van der Waals surface area contributed by atoms with Gasteiger partial charge in [0.15, 0.2) is 0 Å². The van der Waals surface area contributed by atoms with Crippen LogP contribution in [0.5, 0.6) is 0 Å². The van der Waals surface area contributed by atoms with Crippen molar-refractivity contribution in [1.82, 2.24) is 10.2 Å². The van der Waals surface area contributed by atoms with Gasteiger partial charge < -0.3 is 5.32 Å². The van der Waals surface area contributed by atoms with Crippen LogP contribution >= 0.6 is 11.3 Å². The molecule has 0 bridgehead atoms. The molecule has 1 aromatic rings. The first kappa shape index (κ1) is 10.1. The van der Waals surface area contributed by atoms with Gasteiger partial charge in [0.25, 0.3) is 0 Å². The first-order valence-electron chi connectivity index (χ1n) is 5.36. The van der Waals surface area contributed by atoms with Gasteiger partial charge in [-0.25, -0.2) is 0 Å². The van der Waals surface area contributed by atoms with Crippen molar-refractivity contribution in [3.63, 3.8) is 0 Å². The Labute approximate surface area is 89.9 Å². The van der Waals surface area contributed by atoms with Gasteiger partial charge in [-0.15, -0.1) is 11.3 Å². The molecule has 3 heteroatoms. The van der Waals surface area contributed by atoms with Gasteiger partial charge in [-0.05, 0) is 31.3 Å². The van der Waals surface area contributed by atoms with Crippen LogP contribution in [0.25, 0.3) is 0 Å². The molecule has 0 aromatic carbocycles. The first-order chi connectivity index (χ1) is 6.88. The van der Waals surface area contributed by atoms with Crippen molar-refractivity contribution in [3.8, 4) is 0 Å². The van der Waals surface area contributed by atoms with E-state index in [0.717, 1.165) is 6.54 Å². The Bertz CT molecular complexity index is 250. The summed E-state index contributed by atoms with van der Waals surface area (Å²) in [6.07, 6.45) is 1.27. The molecule has 2 rings (SSSR count). The zero-order valence-electron chi connectivity index (χ0n) is 8.70. The van der Waals surface area contributed by atoms with E-state index in [4.69, 9.17) is 0 Å². The van der Waals surface area contributed by atoms with Crippen molar-refractivity contribution in [3.05, 3.63) is 22.4 Å². The van der Waals surface area contributed by atoms with Gasteiger partial charge in [-0.3, -0.25) is 4.90 Å². The molecule has 0 radical (unpaired) electrons. The highest BCUT2D eigenvalue weighted by atomic mass is 32.1. The summed E-state index contributed by atoms with van der Waals surface area (Å²) in [7, 11) is 0. The molecule has 1 atom stereocenters. The van der Waals surface area contributed by atoms with Gasteiger partial charge in [0.2, 0.25) is 0 Å². The van der Waals surface area contributed by atoms with Crippen LogP contribution in [0.4, 0.5) is 0 Å². The van der Waals surface area contributed by atoms with Gasteiger partial charge >= 0.3 is 0 Å². The average molecular weight is 210 g/mol. The van der Waals surface area contributed by atoms with Gasteiger partial charge in [-0.2, -0.15) is 0 Å². The summed E-state index contributed by atoms with van der Waals surface area (Å²) in [4.78, 5) is 4.07. The highest BCUT2D eigenvalue weighted by Gasteiger charge is 2.17. The molecule has 78 valence electrons. The van der Waals surface area contributed by atoms with Gasteiger partial charge in [-0.1, -0.05) is 6.07 Å². The monoisotopic (exact) mass is 210 g/mol. The Morgan fingerprint density at radius 2 is 2.36 bits per heavy atom. The van der Waals surface area contributed by atoms with E-state index < -0.39 is 0 Å². The van der Waals surface area contributed by atoms with Crippen LogP contribution in [0.1, 0.15) is 24.3 Å². The number of nitrogens with one attached hydrogen (secondary N) is 1. The van der Waals surface area contributed by atoms with Crippen LogP contribution in [0.2, 0.25) is 0 Å². The minimum absolute atomic E-state index is 0.592. The standard InChI is InChI=1S/C11H18N2S/c1-10(11-4-2-9-14-11)13-7-3-5-12-6-8-13/h2,4,9-10,12H,3,5-8H2,1H3/t10-/m0/s1. The maximum atomic E-state index is 3.44. The molecule has 1 aliphatic heterocycles. The highest BCUT2D eigenvalue weighted by Crippen LogP contribution is 2.24. The Morgan fingerprint density at radius 3 is 3.14 bits per heavy atom. The molecule has 0 unspecified atom stereocenters. The van der Waals surface area contributed by atoms with Crippen LogP contribution in [0, 0.1) is 0 Å². The van der Waals surface area contributed by atoms with Crippen molar-refractivity contribution in [2.24, 2.45) is 0 Å². The summed E-state index contributed by atoms with van der Waals surface area (Å²) >= 11 is 1.87. The zero-order chi connectivity index (χ0) is 9.80. The van der Waals surface area contributed by atoms with Gasteiger partial charge in [0.05, 0.1) is 0 Å². The van der Waals surface area contributed by atoms with E-state index in [-0.39, 0.29) is 0 Å². The summed E-state index contributed by atoms with van der Waals surface area (Å²) in [5.74, 6) is 0. The Kier molecular flexibility index (Phi) is 3.56. The molecule has 1 fully saturated rings. The second-order valence-corrected chi connectivity index (χ2v) is 4.81. The molecule has 2 nitrogen and oxygen atoms in total. The number of hydrogen-bond donors (Lipinski definition) is 1. The van der Waals surface area contributed by atoms with Crippen molar-refractivity contribution in [2.75, 3.05) is 26.2 Å². The van der Waals surface area contributed by atoms with E-state index in [9.17, 15) is 0 Å². The number of hydrogen-bond acceptors (Lipinski definition) is 3. The molecule has 1 N–H and O–H groups in total. The lowest BCUT2D eigenvalue weighted by Gasteiger charge is -2.26. The van der Waals surface area contributed by atoms with E-state index in [1.807, 2.05) is 11.3 Å². The molecule has 0 saturated carbocycles. The normalized spacial score (nSPS) is 21.8. The highest BCUT2D eigenvalue weighted by molar-refractivity contribution is 7.10. The second-order valence-electron chi connectivity index (χ2n) is 3.83. The molecule has 1 aromatic heterocycles. The topological polar surface area (TPSA) is 15.3 Å². The van der Waals surface area contributed by atoms with Crippen LogP contribution < -0.4 is 5.32 Å². The quantitative estimate of drug-likeness (QED) is 0.804. The van der Waals surface area contributed by atoms with E-state index in [1.165, 1.54) is 30.9 Å². The van der Waals surface area contributed by atoms with Crippen LogP contribution in [-0.4, -0.2) is 31.1 Å². The van der Waals surface area contributed by atoms with Crippen LogP contribution in [-0.2, 0) is 0 Å². The molecule has 1 aliphatic rings. The van der Waals surface area contributed by atoms with Crippen molar-refractivity contribution < 1.29 is 0 Å². The molecule has 0 aliphatic carbocycles. The zero-order valence-corrected chi connectivity index (χ0v) is 9.52. The molecule has 0 amide bonds. The van der Waals surface area contributed by atoms with Crippen molar-refractivity contribution >= 4 is 11.3 Å². The third kappa shape index (κ3) is 2.35. The third-order valence-electron chi connectivity index (χ3n) is 2.88. The molecule has 14 heavy (non-hydrogen) atoms. The van der Waals surface area contributed by atoms with Crippen molar-refractivity contribution in [2.45, 2.75) is 19.4 Å². The summed E-state index contributed by atoms with van der Waals surface area (Å²) in [6.45, 7) is 7.03. The summed E-state index contributed by atoms with van der Waals surface area (Å²) in [5, 5.41) is 5.61. The fourth-order valence-corrected chi connectivity index (χ4v) is 2.78. The van der Waals surface area contributed by atoms with E-state index >= 15 is 0 Å². The van der Waals surface area contributed by atoms with Gasteiger partial charge in [0.1, 0.15) is 0 Å². The predicted molar refractivity (Wildman–Crippen MR) is 61.8 cm³/mol. The Balaban J connectivity index is 1.99.